The molecule has 0 aliphatic heterocycles. The maximum Gasteiger partial charge on any atom is 0.305 e. The fourth-order valence-corrected chi connectivity index (χ4v) is 7.56. The van der Waals surface area contributed by atoms with Crippen LogP contribution >= 0.6 is 0 Å². The number of nitrogens with zero attached hydrogens (tertiary/aromatic N) is 1. The highest BCUT2D eigenvalue weighted by molar-refractivity contribution is 5.69. The van der Waals surface area contributed by atoms with E-state index in [0.29, 0.717) is 38.1 Å². The summed E-state index contributed by atoms with van der Waals surface area (Å²) in [6, 6.07) is 0. The van der Waals surface area contributed by atoms with E-state index in [9.17, 15) is 9.59 Å². The van der Waals surface area contributed by atoms with E-state index in [2.05, 4.69) is 46.6 Å². The van der Waals surface area contributed by atoms with Gasteiger partial charge in [0.2, 0.25) is 0 Å². The van der Waals surface area contributed by atoms with Crippen molar-refractivity contribution in [2.45, 2.75) is 246 Å². The van der Waals surface area contributed by atoms with Gasteiger partial charge in [0, 0.05) is 19.4 Å². The molecule has 6 nitrogen and oxygen atoms in total. The Morgan fingerprint density at radius 2 is 0.815 bits per heavy atom. The van der Waals surface area contributed by atoms with Crippen molar-refractivity contribution in [1.82, 2.24) is 4.90 Å². The van der Waals surface area contributed by atoms with E-state index in [4.69, 9.17) is 14.2 Å². The average molecular weight is 766 g/mol. The topological polar surface area (TPSA) is 65.1 Å². The normalized spacial score (nSPS) is 12.3. The first-order chi connectivity index (χ1) is 26.4. The lowest BCUT2D eigenvalue weighted by Crippen LogP contribution is -2.20. The van der Waals surface area contributed by atoms with Gasteiger partial charge in [-0.25, -0.2) is 0 Å². The molecule has 0 aromatic carbocycles. The lowest BCUT2D eigenvalue weighted by molar-refractivity contribution is -0.145. The van der Waals surface area contributed by atoms with Crippen molar-refractivity contribution in [3.05, 3.63) is 0 Å². The van der Waals surface area contributed by atoms with Crippen molar-refractivity contribution in [1.29, 1.82) is 0 Å². The van der Waals surface area contributed by atoms with E-state index in [1.54, 1.807) is 0 Å². The molecule has 6 heteroatoms. The van der Waals surface area contributed by atoms with Crippen LogP contribution in [-0.4, -0.2) is 62.9 Å². The Kier molecular flexibility index (Phi) is 40.6. The summed E-state index contributed by atoms with van der Waals surface area (Å²) < 4.78 is 17.7. The lowest BCUT2D eigenvalue weighted by Gasteiger charge is -2.19. The number of ether oxygens (including phenoxy) is 3. The van der Waals surface area contributed by atoms with E-state index in [1.165, 1.54) is 141 Å². The molecule has 0 N–H and O–H groups in total. The first kappa shape index (κ1) is 52.9. The van der Waals surface area contributed by atoms with Gasteiger partial charge in [-0.1, -0.05) is 176 Å². The van der Waals surface area contributed by atoms with Gasteiger partial charge < -0.3 is 19.1 Å². The van der Waals surface area contributed by atoms with Gasteiger partial charge >= 0.3 is 11.9 Å². The van der Waals surface area contributed by atoms with E-state index in [1.807, 2.05) is 0 Å². The number of hydrogen-bond acceptors (Lipinski definition) is 6. The molecule has 0 spiro atoms. The van der Waals surface area contributed by atoms with Crippen molar-refractivity contribution < 1.29 is 23.8 Å². The Hall–Kier alpha value is -1.14. The van der Waals surface area contributed by atoms with Gasteiger partial charge in [0.1, 0.15) is 0 Å². The van der Waals surface area contributed by atoms with Gasteiger partial charge in [-0.05, 0) is 83.3 Å². The highest BCUT2D eigenvalue weighted by Gasteiger charge is 2.13. The zero-order valence-electron chi connectivity index (χ0n) is 37.4. The van der Waals surface area contributed by atoms with Crippen LogP contribution in [0.5, 0.6) is 0 Å². The molecule has 1 atom stereocenters. The van der Waals surface area contributed by atoms with Crippen molar-refractivity contribution in [2.24, 2.45) is 11.8 Å². The summed E-state index contributed by atoms with van der Waals surface area (Å²) in [5.41, 5.74) is 0. The minimum Gasteiger partial charge on any atom is -0.466 e. The van der Waals surface area contributed by atoms with Crippen LogP contribution in [0.4, 0.5) is 0 Å². The number of esters is 2. The Bertz CT molecular complexity index is 775. The largest absolute Gasteiger partial charge is 0.466 e. The first-order valence-corrected chi connectivity index (χ1v) is 24.0. The fraction of sp³-hybridized carbons (Fsp3) is 0.958. The van der Waals surface area contributed by atoms with E-state index in [0.717, 1.165) is 77.0 Å². The van der Waals surface area contributed by atoms with Gasteiger partial charge in [0.05, 0.1) is 19.3 Å². The predicted molar refractivity (Wildman–Crippen MR) is 232 cm³/mol. The Morgan fingerprint density at radius 1 is 0.426 bits per heavy atom. The molecule has 0 heterocycles. The minimum atomic E-state index is -0.00227. The summed E-state index contributed by atoms with van der Waals surface area (Å²) in [7, 11) is 2.19. The summed E-state index contributed by atoms with van der Waals surface area (Å²) in [5, 5.41) is 0. The van der Waals surface area contributed by atoms with E-state index < -0.39 is 0 Å². The van der Waals surface area contributed by atoms with Gasteiger partial charge in [-0.15, -0.1) is 0 Å². The third kappa shape index (κ3) is 36.5. The third-order valence-electron chi connectivity index (χ3n) is 11.6. The molecule has 0 aliphatic rings. The molecule has 322 valence electrons. The van der Waals surface area contributed by atoms with Crippen LogP contribution in [0.2, 0.25) is 0 Å². The SMILES string of the molecule is CCCCC(CCCC)CCOC(=O)CCCCCCCCCC(CCCCCCCC(=O)OCCC(CCCC)CCCC)OCCCCN(C)CC. The highest BCUT2D eigenvalue weighted by Crippen LogP contribution is 2.22. The first-order valence-electron chi connectivity index (χ1n) is 24.0. The molecule has 0 amide bonds. The molecule has 0 bridgehead atoms. The summed E-state index contributed by atoms with van der Waals surface area (Å²) in [5.74, 6) is 1.43. The average Bonchev–Trinajstić information content (AvgIpc) is 3.17. The molecule has 0 aliphatic carbocycles. The van der Waals surface area contributed by atoms with Crippen LogP contribution in [0.25, 0.3) is 0 Å². The van der Waals surface area contributed by atoms with Crippen LogP contribution in [0.15, 0.2) is 0 Å². The maximum absolute atomic E-state index is 12.3. The van der Waals surface area contributed by atoms with Crippen molar-refractivity contribution in [3.8, 4) is 0 Å². The summed E-state index contributed by atoms with van der Waals surface area (Å²) in [6.45, 7) is 15.6. The number of carbonyl (C=O) groups excluding carboxylic acids is 2. The number of rotatable bonds is 43. The highest BCUT2D eigenvalue weighted by atomic mass is 16.5. The van der Waals surface area contributed by atoms with Crippen molar-refractivity contribution >= 4 is 11.9 Å². The Morgan fingerprint density at radius 3 is 1.20 bits per heavy atom. The van der Waals surface area contributed by atoms with Crippen LogP contribution in [0.1, 0.15) is 240 Å². The predicted octanol–water partition coefficient (Wildman–Crippen LogP) is 14.2. The zero-order valence-corrected chi connectivity index (χ0v) is 37.4. The third-order valence-corrected chi connectivity index (χ3v) is 11.6. The number of unbranched alkanes of at least 4 members (excludes halogenated alkanes) is 15. The smallest absolute Gasteiger partial charge is 0.305 e. The Balaban J connectivity index is 4.17. The number of hydrogen-bond donors (Lipinski definition) is 0. The summed E-state index contributed by atoms with van der Waals surface area (Å²) >= 11 is 0. The zero-order chi connectivity index (χ0) is 39.7. The molecule has 0 aromatic rings. The molecule has 0 saturated carbocycles. The molecular formula is C48H95NO5. The summed E-state index contributed by atoms with van der Waals surface area (Å²) in [6.07, 6.45) is 37.5. The minimum absolute atomic E-state index is 0.00220. The van der Waals surface area contributed by atoms with Crippen LogP contribution in [0.3, 0.4) is 0 Å². The second-order valence-corrected chi connectivity index (χ2v) is 16.7. The molecule has 0 radical (unpaired) electrons. The van der Waals surface area contributed by atoms with Gasteiger partial charge in [-0.2, -0.15) is 0 Å². The molecule has 0 aromatic heterocycles. The standard InChI is InChI=1S/C48H95NO5/c1-7-12-30-44(31-13-8-2)38-42-53-47(50)36-26-22-18-16-17-20-24-34-46(52-41-29-28-40-49(6)11-5)35-25-21-19-23-27-37-48(51)54-43-39-45(32-14-9-3)33-15-10-4/h44-46H,7-43H2,1-6H3. The monoisotopic (exact) mass is 766 g/mol. The molecule has 54 heavy (non-hydrogen) atoms. The molecule has 1 unspecified atom stereocenters. The van der Waals surface area contributed by atoms with Gasteiger partial charge in [0.25, 0.3) is 0 Å². The summed E-state index contributed by atoms with van der Waals surface area (Å²) in [4.78, 5) is 26.9. The Labute approximate surface area is 337 Å². The van der Waals surface area contributed by atoms with Crippen LogP contribution in [0, 0.1) is 11.8 Å². The van der Waals surface area contributed by atoms with Crippen molar-refractivity contribution in [2.75, 3.05) is 40.0 Å². The quantitative estimate of drug-likeness (QED) is 0.0455. The lowest BCUT2D eigenvalue weighted by atomic mass is 9.93. The molecule has 0 fully saturated rings. The molecule has 0 rings (SSSR count). The fourth-order valence-electron chi connectivity index (χ4n) is 7.56. The van der Waals surface area contributed by atoms with Gasteiger partial charge in [0.15, 0.2) is 0 Å². The molecule has 0 saturated heterocycles. The molecular weight excluding hydrogens is 671 g/mol. The van der Waals surface area contributed by atoms with E-state index in [-0.39, 0.29) is 11.9 Å². The second-order valence-electron chi connectivity index (χ2n) is 16.7. The number of carbonyl (C=O) groups is 2. The van der Waals surface area contributed by atoms with E-state index >= 15 is 0 Å². The van der Waals surface area contributed by atoms with Gasteiger partial charge in [-0.3, -0.25) is 9.59 Å². The maximum atomic E-state index is 12.3. The second kappa shape index (κ2) is 41.5. The van der Waals surface area contributed by atoms with Crippen molar-refractivity contribution in [3.63, 3.8) is 0 Å². The van der Waals surface area contributed by atoms with Crippen LogP contribution in [-0.2, 0) is 23.8 Å². The van der Waals surface area contributed by atoms with Crippen LogP contribution < -0.4 is 0 Å².